The first-order valence-corrected chi connectivity index (χ1v) is 9.55. The minimum Gasteiger partial charge on any atom is -0.326 e. The Morgan fingerprint density at radius 3 is 2.44 bits per heavy atom. The summed E-state index contributed by atoms with van der Waals surface area (Å²) >= 11 is 0. The first kappa shape index (κ1) is 19.9. The summed E-state index contributed by atoms with van der Waals surface area (Å²) < 4.78 is 0. The minimum atomic E-state index is 0.0927. The summed E-state index contributed by atoms with van der Waals surface area (Å²) in [6.07, 6.45) is 2.92. The van der Waals surface area contributed by atoms with Gasteiger partial charge in [-0.15, -0.1) is 0 Å². The van der Waals surface area contributed by atoms with E-state index in [1.165, 1.54) is 18.4 Å². The summed E-state index contributed by atoms with van der Waals surface area (Å²) in [7, 11) is 4.26. The summed E-state index contributed by atoms with van der Waals surface area (Å²) in [6.45, 7) is 9.58. The molecule has 0 atom stereocenters. The summed E-state index contributed by atoms with van der Waals surface area (Å²) in [4.78, 5) is 19.2. The Morgan fingerprint density at radius 1 is 1.12 bits per heavy atom. The van der Waals surface area contributed by atoms with Gasteiger partial charge in [0.15, 0.2) is 0 Å². The van der Waals surface area contributed by atoms with Crippen molar-refractivity contribution in [3.8, 4) is 0 Å². The molecule has 25 heavy (non-hydrogen) atoms. The molecule has 0 aromatic heterocycles. The van der Waals surface area contributed by atoms with Crippen molar-refractivity contribution in [2.75, 3.05) is 58.7 Å². The van der Waals surface area contributed by atoms with Gasteiger partial charge in [-0.3, -0.25) is 9.69 Å². The second-order valence-electron chi connectivity index (χ2n) is 7.23. The number of nitrogens with one attached hydrogen (secondary N) is 1. The van der Waals surface area contributed by atoms with E-state index in [1.807, 2.05) is 12.1 Å². The van der Waals surface area contributed by atoms with Gasteiger partial charge >= 0.3 is 0 Å². The van der Waals surface area contributed by atoms with E-state index < -0.39 is 0 Å². The highest BCUT2D eigenvalue weighted by Crippen LogP contribution is 2.13. The van der Waals surface area contributed by atoms with E-state index in [1.54, 1.807) is 0 Å². The Hall–Kier alpha value is -1.43. The van der Waals surface area contributed by atoms with Crippen LogP contribution >= 0.6 is 0 Å². The van der Waals surface area contributed by atoms with Gasteiger partial charge < -0.3 is 15.1 Å². The van der Waals surface area contributed by atoms with E-state index in [0.29, 0.717) is 6.42 Å². The van der Waals surface area contributed by atoms with Gasteiger partial charge in [0.1, 0.15) is 0 Å². The fourth-order valence-corrected chi connectivity index (χ4v) is 3.01. The van der Waals surface area contributed by atoms with E-state index in [9.17, 15) is 4.79 Å². The van der Waals surface area contributed by atoms with Crippen LogP contribution in [0.15, 0.2) is 24.3 Å². The van der Waals surface area contributed by atoms with Crippen LogP contribution in [0, 0.1) is 0 Å². The smallest absolute Gasteiger partial charge is 0.225 e. The standard InChI is InChI=1S/C20H34N4O/c1-4-5-11-22(2)12-10-20(25)21-19-8-6-18(7-9-19)17-24-15-13-23(3)14-16-24/h6-9H,4-5,10-17H2,1-3H3,(H,21,25). The number of nitrogens with zero attached hydrogens (tertiary/aromatic N) is 3. The molecule has 0 saturated carbocycles. The third-order valence-electron chi connectivity index (χ3n) is 4.85. The van der Waals surface area contributed by atoms with Gasteiger partial charge in [-0.1, -0.05) is 25.5 Å². The van der Waals surface area contributed by atoms with Crippen molar-refractivity contribution in [1.29, 1.82) is 0 Å². The van der Waals surface area contributed by atoms with E-state index in [2.05, 4.69) is 53.2 Å². The lowest BCUT2D eigenvalue weighted by molar-refractivity contribution is -0.116. The molecule has 1 amide bonds. The van der Waals surface area contributed by atoms with Crippen molar-refractivity contribution in [2.45, 2.75) is 32.7 Å². The zero-order chi connectivity index (χ0) is 18.1. The molecule has 1 N–H and O–H groups in total. The molecule has 140 valence electrons. The van der Waals surface area contributed by atoms with E-state index in [0.717, 1.165) is 51.5 Å². The number of unbranched alkanes of at least 4 members (excludes halogenated alkanes) is 1. The molecule has 0 spiro atoms. The average molecular weight is 347 g/mol. The maximum Gasteiger partial charge on any atom is 0.225 e. The number of hydrogen-bond acceptors (Lipinski definition) is 4. The average Bonchev–Trinajstić information content (AvgIpc) is 2.62. The van der Waals surface area contributed by atoms with Gasteiger partial charge in [0.25, 0.3) is 0 Å². The molecule has 1 saturated heterocycles. The van der Waals surface area contributed by atoms with Gasteiger partial charge in [-0.05, 0) is 44.8 Å². The Balaban J connectivity index is 1.71. The van der Waals surface area contributed by atoms with E-state index in [4.69, 9.17) is 0 Å². The van der Waals surface area contributed by atoms with Crippen LogP contribution in [0.2, 0.25) is 0 Å². The van der Waals surface area contributed by atoms with Crippen LogP contribution in [0.1, 0.15) is 31.7 Å². The lowest BCUT2D eigenvalue weighted by Crippen LogP contribution is -2.43. The monoisotopic (exact) mass is 346 g/mol. The molecule has 5 nitrogen and oxygen atoms in total. The summed E-state index contributed by atoms with van der Waals surface area (Å²) in [5.41, 5.74) is 2.20. The van der Waals surface area contributed by atoms with Crippen LogP contribution in [0.25, 0.3) is 0 Å². The molecule has 2 rings (SSSR count). The molecular formula is C20H34N4O. The number of carbonyl (C=O) groups is 1. The lowest BCUT2D eigenvalue weighted by atomic mass is 10.1. The van der Waals surface area contributed by atoms with E-state index in [-0.39, 0.29) is 5.91 Å². The summed E-state index contributed by atoms with van der Waals surface area (Å²) in [6, 6.07) is 8.29. The molecule has 1 aliphatic heterocycles. The number of rotatable bonds is 9. The predicted molar refractivity (Wildman–Crippen MR) is 105 cm³/mol. The topological polar surface area (TPSA) is 38.8 Å². The van der Waals surface area contributed by atoms with E-state index >= 15 is 0 Å². The molecule has 1 aromatic carbocycles. The van der Waals surface area contributed by atoms with Crippen molar-refractivity contribution in [3.63, 3.8) is 0 Å². The van der Waals surface area contributed by atoms with Crippen LogP contribution in [-0.4, -0.2) is 74.0 Å². The van der Waals surface area contributed by atoms with Crippen molar-refractivity contribution in [1.82, 2.24) is 14.7 Å². The van der Waals surface area contributed by atoms with Crippen molar-refractivity contribution < 1.29 is 4.79 Å². The molecule has 1 fully saturated rings. The zero-order valence-corrected chi connectivity index (χ0v) is 16.1. The van der Waals surface area contributed by atoms with Gasteiger partial charge in [-0.2, -0.15) is 0 Å². The Kier molecular flexibility index (Phi) is 8.38. The number of anilines is 1. The largest absolute Gasteiger partial charge is 0.326 e. The number of carbonyl (C=O) groups excluding carboxylic acids is 1. The summed E-state index contributed by atoms with van der Waals surface area (Å²) in [5, 5.41) is 3.00. The van der Waals surface area contributed by atoms with Crippen LogP contribution in [0.4, 0.5) is 5.69 Å². The zero-order valence-electron chi connectivity index (χ0n) is 16.1. The second-order valence-corrected chi connectivity index (χ2v) is 7.23. The van der Waals surface area contributed by atoms with Gasteiger partial charge in [0.05, 0.1) is 0 Å². The van der Waals surface area contributed by atoms with Crippen LogP contribution in [0.5, 0.6) is 0 Å². The number of piperazine rings is 1. The number of hydrogen-bond donors (Lipinski definition) is 1. The molecule has 1 aromatic rings. The highest BCUT2D eigenvalue weighted by Gasteiger charge is 2.13. The predicted octanol–water partition coefficient (Wildman–Crippen LogP) is 2.49. The summed E-state index contributed by atoms with van der Waals surface area (Å²) in [5.74, 6) is 0.0927. The van der Waals surface area contributed by atoms with Crippen molar-refractivity contribution in [3.05, 3.63) is 29.8 Å². The Labute approximate surface area is 153 Å². The first-order valence-electron chi connectivity index (χ1n) is 9.55. The fourth-order valence-electron chi connectivity index (χ4n) is 3.01. The first-order chi connectivity index (χ1) is 12.1. The van der Waals surface area contributed by atoms with Gasteiger partial charge in [0, 0.05) is 51.4 Å². The maximum atomic E-state index is 12.1. The number of likely N-dealkylation sites (N-methyl/N-ethyl adjacent to an activating group) is 1. The number of benzene rings is 1. The normalized spacial score (nSPS) is 16.3. The Bertz CT molecular complexity index is 509. The highest BCUT2D eigenvalue weighted by atomic mass is 16.1. The van der Waals surface area contributed by atoms with Crippen molar-refractivity contribution >= 4 is 11.6 Å². The van der Waals surface area contributed by atoms with Gasteiger partial charge in [0.2, 0.25) is 5.91 Å². The van der Waals surface area contributed by atoms with Crippen LogP contribution < -0.4 is 5.32 Å². The molecule has 5 heteroatoms. The van der Waals surface area contributed by atoms with Crippen LogP contribution in [0.3, 0.4) is 0 Å². The fraction of sp³-hybridized carbons (Fsp3) is 0.650. The quantitative estimate of drug-likeness (QED) is 0.746. The molecule has 1 heterocycles. The molecule has 0 radical (unpaired) electrons. The minimum absolute atomic E-state index is 0.0927. The van der Waals surface area contributed by atoms with Crippen LogP contribution in [-0.2, 0) is 11.3 Å². The van der Waals surface area contributed by atoms with Crippen molar-refractivity contribution in [2.24, 2.45) is 0 Å². The molecule has 0 aliphatic carbocycles. The second kappa shape index (κ2) is 10.5. The third kappa shape index (κ3) is 7.55. The Morgan fingerprint density at radius 2 is 1.80 bits per heavy atom. The number of amides is 1. The highest BCUT2D eigenvalue weighted by molar-refractivity contribution is 5.90. The lowest BCUT2D eigenvalue weighted by Gasteiger charge is -2.32. The molecular weight excluding hydrogens is 312 g/mol. The maximum absolute atomic E-state index is 12.1. The molecule has 1 aliphatic rings. The SMILES string of the molecule is CCCCN(C)CCC(=O)Nc1ccc(CN2CCN(C)CC2)cc1. The molecule has 0 bridgehead atoms. The van der Waals surface area contributed by atoms with Gasteiger partial charge in [-0.25, -0.2) is 0 Å². The third-order valence-corrected chi connectivity index (χ3v) is 4.85. The molecule has 0 unspecified atom stereocenters.